The van der Waals surface area contributed by atoms with Crippen molar-refractivity contribution >= 4 is 11.3 Å². The normalized spacial score (nSPS) is 11.0. The Morgan fingerprint density at radius 2 is 2.00 bits per heavy atom. The zero-order valence-electron chi connectivity index (χ0n) is 16.1. The SMILES string of the molecule is CCc1cc(-c2[nH]ncc2-c2nc(C)cs2)c(O)cc1OCc1ccccc1F. The molecule has 5 nitrogen and oxygen atoms in total. The van der Waals surface area contributed by atoms with Crippen molar-refractivity contribution in [3.05, 3.63) is 70.6 Å². The summed E-state index contributed by atoms with van der Waals surface area (Å²) in [5.41, 5.74) is 4.47. The second-order valence-electron chi connectivity index (χ2n) is 6.66. The largest absolute Gasteiger partial charge is 0.507 e. The number of nitrogens with one attached hydrogen (secondary N) is 1. The highest BCUT2D eigenvalue weighted by molar-refractivity contribution is 7.13. The van der Waals surface area contributed by atoms with Gasteiger partial charge in [-0.05, 0) is 31.0 Å². The number of benzene rings is 2. The van der Waals surface area contributed by atoms with Gasteiger partial charge in [0.1, 0.15) is 28.9 Å². The second-order valence-corrected chi connectivity index (χ2v) is 7.52. The fourth-order valence-corrected chi connectivity index (χ4v) is 3.94. The fraction of sp³-hybridized carbons (Fsp3) is 0.182. The smallest absolute Gasteiger partial charge is 0.129 e. The highest BCUT2D eigenvalue weighted by atomic mass is 32.1. The number of hydrogen-bond acceptors (Lipinski definition) is 5. The molecule has 0 bridgehead atoms. The summed E-state index contributed by atoms with van der Waals surface area (Å²) in [7, 11) is 0. The Bertz CT molecular complexity index is 1150. The highest BCUT2D eigenvalue weighted by Crippen LogP contribution is 2.40. The summed E-state index contributed by atoms with van der Waals surface area (Å²) >= 11 is 1.53. The molecule has 0 spiro atoms. The molecule has 2 N–H and O–H groups in total. The summed E-state index contributed by atoms with van der Waals surface area (Å²) in [4.78, 5) is 4.52. The number of nitrogens with zero attached hydrogens (tertiary/aromatic N) is 2. The number of aromatic nitrogens is 3. The van der Waals surface area contributed by atoms with Gasteiger partial charge in [0.25, 0.3) is 0 Å². The van der Waals surface area contributed by atoms with E-state index in [1.54, 1.807) is 30.5 Å². The zero-order chi connectivity index (χ0) is 20.4. The number of thiazole rings is 1. The number of hydrogen-bond donors (Lipinski definition) is 2. The first-order valence-electron chi connectivity index (χ1n) is 9.25. The molecule has 7 heteroatoms. The fourth-order valence-electron chi connectivity index (χ4n) is 3.13. The minimum Gasteiger partial charge on any atom is -0.507 e. The van der Waals surface area contributed by atoms with Crippen LogP contribution in [0.1, 0.15) is 23.7 Å². The van der Waals surface area contributed by atoms with E-state index in [2.05, 4.69) is 15.2 Å². The van der Waals surface area contributed by atoms with Crippen molar-refractivity contribution in [3.63, 3.8) is 0 Å². The molecule has 0 aliphatic rings. The van der Waals surface area contributed by atoms with E-state index in [1.165, 1.54) is 17.4 Å². The van der Waals surface area contributed by atoms with Crippen molar-refractivity contribution in [1.82, 2.24) is 15.2 Å². The molecule has 0 aliphatic heterocycles. The third-order valence-corrected chi connectivity index (χ3v) is 5.65. The Labute approximate surface area is 171 Å². The van der Waals surface area contributed by atoms with Crippen molar-refractivity contribution in [3.8, 4) is 33.3 Å². The van der Waals surface area contributed by atoms with E-state index in [9.17, 15) is 9.50 Å². The average molecular weight is 409 g/mol. The van der Waals surface area contributed by atoms with Gasteiger partial charge < -0.3 is 9.84 Å². The molecule has 2 aromatic carbocycles. The number of H-pyrrole nitrogens is 1. The lowest BCUT2D eigenvalue weighted by molar-refractivity contribution is 0.295. The van der Waals surface area contributed by atoms with Crippen LogP contribution in [0, 0.1) is 12.7 Å². The summed E-state index contributed by atoms with van der Waals surface area (Å²) in [6, 6.07) is 9.95. The average Bonchev–Trinajstić information content (AvgIpc) is 3.36. The van der Waals surface area contributed by atoms with Gasteiger partial charge in [-0.25, -0.2) is 9.37 Å². The maximum absolute atomic E-state index is 13.9. The van der Waals surface area contributed by atoms with E-state index >= 15 is 0 Å². The van der Waals surface area contributed by atoms with Crippen LogP contribution in [0.5, 0.6) is 11.5 Å². The van der Waals surface area contributed by atoms with Crippen molar-refractivity contribution in [2.75, 3.05) is 0 Å². The van der Waals surface area contributed by atoms with Crippen molar-refractivity contribution in [2.24, 2.45) is 0 Å². The number of phenols is 1. The number of aromatic amines is 1. The number of ether oxygens (including phenoxy) is 1. The molecule has 0 saturated carbocycles. The third-order valence-electron chi connectivity index (χ3n) is 4.66. The van der Waals surface area contributed by atoms with Crippen LogP contribution in [0.4, 0.5) is 4.39 Å². The molecule has 4 aromatic rings. The molecule has 29 heavy (non-hydrogen) atoms. The summed E-state index contributed by atoms with van der Waals surface area (Å²) in [6.45, 7) is 4.03. The number of phenolic OH excluding ortho intramolecular Hbond substituents is 1. The summed E-state index contributed by atoms with van der Waals surface area (Å²) in [6.07, 6.45) is 2.40. The molecule has 2 aromatic heterocycles. The van der Waals surface area contributed by atoms with Crippen molar-refractivity contribution < 1.29 is 14.2 Å². The summed E-state index contributed by atoms with van der Waals surface area (Å²) in [5.74, 6) is 0.278. The highest BCUT2D eigenvalue weighted by Gasteiger charge is 2.18. The van der Waals surface area contributed by atoms with Gasteiger partial charge in [-0.15, -0.1) is 11.3 Å². The lowest BCUT2D eigenvalue weighted by Gasteiger charge is -2.14. The van der Waals surface area contributed by atoms with Crippen LogP contribution < -0.4 is 4.74 Å². The lowest BCUT2D eigenvalue weighted by Crippen LogP contribution is -2.01. The van der Waals surface area contributed by atoms with Gasteiger partial charge >= 0.3 is 0 Å². The van der Waals surface area contributed by atoms with E-state index in [0.717, 1.165) is 21.8 Å². The number of rotatable bonds is 6. The standard InChI is InChI=1S/C22H20FN3O2S/c1-3-14-8-16(21-17(10-24-26-21)22-25-13(2)12-29-22)19(27)9-20(14)28-11-15-6-4-5-7-18(15)23/h4-10,12,27H,3,11H2,1-2H3,(H,24,26). The van der Waals surface area contributed by atoms with Crippen LogP contribution in [0.3, 0.4) is 0 Å². The van der Waals surface area contributed by atoms with Crippen LogP contribution in [0.2, 0.25) is 0 Å². The molecule has 0 fully saturated rings. The van der Waals surface area contributed by atoms with E-state index in [0.29, 0.717) is 29.0 Å². The van der Waals surface area contributed by atoms with E-state index in [4.69, 9.17) is 4.74 Å². The number of aromatic hydroxyl groups is 1. The van der Waals surface area contributed by atoms with Crippen LogP contribution in [-0.4, -0.2) is 20.3 Å². The second kappa shape index (κ2) is 8.05. The molecule has 2 heterocycles. The van der Waals surface area contributed by atoms with E-state index < -0.39 is 0 Å². The monoisotopic (exact) mass is 409 g/mol. The lowest BCUT2D eigenvalue weighted by atomic mass is 10.0. The Morgan fingerprint density at radius 3 is 2.72 bits per heavy atom. The topological polar surface area (TPSA) is 71.0 Å². The van der Waals surface area contributed by atoms with Crippen LogP contribution in [0.25, 0.3) is 21.8 Å². The molecule has 4 rings (SSSR count). The van der Waals surface area contributed by atoms with Gasteiger partial charge in [-0.3, -0.25) is 5.10 Å². The minimum atomic E-state index is -0.313. The zero-order valence-corrected chi connectivity index (χ0v) is 16.9. The minimum absolute atomic E-state index is 0.0597. The first kappa shape index (κ1) is 19.1. The molecule has 0 unspecified atom stereocenters. The van der Waals surface area contributed by atoms with E-state index in [-0.39, 0.29) is 18.2 Å². The number of aryl methyl sites for hydroxylation is 2. The maximum Gasteiger partial charge on any atom is 0.129 e. The van der Waals surface area contributed by atoms with E-state index in [1.807, 2.05) is 25.3 Å². The predicted molar refractivity (Wildman–Crippen MR) is 112 cm³/mol. The Balaban J connectivity index is 1.67. The number of halogens is 1. The Morgan fingerprint density at radius 1 is 1.17 bits per heavy atom. The van der Waals surface area contributed by atoms with Crippen molar-refractivity contribution in [2.45, 2.75) is 26.9 Å². The van der Waals surface area contributed by atoms with Gasteiger partial charge in [0.2, 0.25) is 0 Å². The first-order chi connectivity index (χ1) is 14.1. The van der Waals surface area contributed by atoms with Crippen LogP contribution >= 0.6 is 11.3 Å². The van der Waals surface area contributed by atoms with Gasteiger partial charge in [-0.1, -0.05) is 25.1 Å². The van der Waals surface area contributed by atoms with Gasteiger partial charge in [0.15, 0.2) is 0 Å². The molecule has 0 atom stereocenters. The van der Waals surface area contributed by atoms with Gasteiger partial charge in [0, 0.05) is 28.3 Å². The molecule has 0 amide bonds. The molecular formula is C22H20FN3O2S. The molecule has 0 aliphatic carbocycles. The van der Waals surface area contributed by atoms with Crippen LogP contribution in [0.15, 0.2) is 48.0 Å². The molecule has 0 saturated heterocycles. The predicted octanol–water partition coefficient (Wildman–Crippen LogP) is 5.49. The van der Waals surface area contributed by atoms with Gasteiger partial charge in [-0.2, -0.15) is 5.10 Å². The molecule has 0 radical (unpaired) electrons. The quantitative estimate of drug-likeness (QED) is 0.441. The molecule has 148 valence electrons. The van der Waals surface area contributed by atoms with Crippen molar-refractivity contribution in [1.29, 1.82) is 0 Å². The van der Waals surface area contributed by atoms with Gasteiger partial charge in [0.05, 0.1) is 17.5 Å². The van der Waals surface area contributed by atoms with Crippen LogP contribution in [-0.2, 0) is 13.0 Å². The first-order valence-corrected chi connectivity index (χ1v) is 10.1. The summed E-state index contributed by atoms with van der Waals surface area (Å²) in [5, 5.41) is 20.6. The Kier molecular flexibility index (Phi) is 5.31. The maximum atomic E-state index is 13.9. The molecular weight excluding hydrogens is 389 g/mol. The third kappa shape index (κ3) is 3.86. The summed E-state index contributed by atoms with van der Waals surface area (Å²) < 4.78 is 19.7. The Hall–Kier alpha value is -3.19.